The third-order valence-corrected chi connectivity index (χ3v) is 6.18. The van der Waals surface area contributed by atoms with Crippen LogP contribution in [0.1, 0.15) is 67.3 Å². The lowest BCUT2D eigenvalue weighted by Crippen LogP contribution is -2.32. The number of fused-ring (bicyclic) bond motifs is 1. The molecule has 4 N–H and O–H groups in total. The zero-order valence-corrected chi connectivity index (χ0v) is 20.6. The molecule has 0 radical (unpaired) electrons. The van der Waals surface area contributed by atoms with E-state index >= 15 is 0 Å². The molecule has 3 aromatic rings. The Morgan fingerprint density at radius 1 is 0.861 bits per heavy atom. The van der Waals surface area contributed by atoms with Crippen molar-refractivity contribution in [3.05, 3.63) is 77.9 Å². The van der Waals surface area contributed by atoms with Gasteiger partial charge in [-0.25, -0.2) is 0 Å². The van der Waals surface area contributed by atoms with Crippen LogP contribution in [0.4, 0.5) is 5.69 Å². The number of ketones is 1. The number of primary amides is 1. The minimum absolute atomic E-state index is 0.187. The van der Waals surface area contributed by atoms with Gasteiger partial charge in [0.2, 0.25) is 11.7 Å². The molecular weight excluding hydrogens is 454 g/mol. The lowest BCUT2D eigenvalue weighted by molar-refractivity contribution is -0.137. The van der Waals surface area contributed by atoms with Crippen molar-refractivity contribution in [2.75, 3.05) is 11.9 Å². The van der Waals surface area contributed by atoms with E-state index in [1.54, 1.807) is 36.4 Å². The van der Waals surface area contributed by atoms with E-state index in [-0.39, 0.29) is 18.4 Å². The predicted octanol–water partition coefficient (Wildman–Crippen LogP) is 4.71. The molecule has 3 aromatic carbocycles. The van der Waals surface area contributed by atoms with Gasteiger partial charge in [0, 0.05) is 11.3 Å². The molecule has 1 unspecified atom stereocenters. The lowest BCUT2D eigenvalue weighted by Gasteiger charge is -2.18. The number of hydrogen-bond donors (Lipinski definition) is 3. The Labute approximate surface area is 211 Å². The molecule has 1 atom stereocenters. The summed E-state index contributed by atoms with van der Waals surface area (Å²) in [5.41, 5.74) is 7.11. The molecule has 0 aliphatic heterocycles. The van der Waals surface area contributed by atoms with Gasteiger partial charge in [-0.1, -0.05) is 81.5 Å². The number of unbranched alkanes of at least 4 members (excludes halogenated alkanes) is 4. The fourth-order valence-corrected chi connectivity index (χ4v) is 4.29. The Morgan fingerprint density at radius 2 is 1.61 bits per heavy atom. The van der Waals surface area contributed by atoms with Gasteiger partial charge in [0.25, 0.3) is 11.8 Å². The summed E-state index contributed by atoms with van der Waals surface area (Å²) in [5.74, 6) is -2.89. The smallest absolute Gasteiger partial charge is 0.285 e. The number of Topliss-reactive ketones (excluding diaryl/α,β-unsaturated/α-hetero) is 1. The molecule has 0 fully saturated rings. The van der Waals surface area contributed by atoms with Crippen LogP contribution in [0, 0.1) is 0 Å². The van der Waals surface area contributed by atoms with Crippen LogP contribution in [0.3, 0.4) is 0 Å². The molecular formula is C29H33N3O4. The fraction of sp³-hybridized carbons (Fsp3) is 0.310. The minimum Gasteiger partial charge on any atom is -0.363 e. The first kappa shape index (κ1) is 26.6. The van der Waals surface area contributed by atoms with E-state index in [0.717, 1.165) is 48.4 Å². The Kier molecular flexibility index (Phi) is 9.74. The predicted molar refractivity (Wildman–Crippen MR) is 142 cm³/mol. The molecule has 7 nitrogen and oxygen atoms in total. The van der Waals surface area contributed by atoms with Crippen molar-refractivity contribution in [1.82, 2.24) is 5.32 Å². The second-order valence-electron chi connectivity index (χ2n) is 8.86. The second-order valence-corrected chi connectivity index (χ2v) is 8.86. The standard InChI is InChI=1S/C29H33N3O4/c1-2-3-4-5-9-14-24(27(34)28(30)35)23-15-10-13-20-16-17-22(18-25(20)23)32-26(33)19-31-29(36)21-11-7-6-8-12-21/h6-8,10-13,15-18,24H,2-5,9,14,19H2,1H3,(H2,30,35)(H,31,36)(H,32,33). The molecule has 0 aromatic heterocycles. The van der Waals surface area contributed by atoms with Crippen molar-refractivity contribution in [2.45, 2.75) is 51.4 Å². The third-order valence-electron chi connectivity index (χ3n) is 6.18. The Morgan fingerprint density at radius 3 is 2.33 bits per heavy atom. The number of hydrogen-bond acceptors (Lipinski definition) is 4. The van der Waals surface area contributed by atoms with Crippen LogP contribution in [0.15, 0.2) is 66.7 Å². The molecule has 3 amide bonds. The van der Waals surface area contributed by atoms with Crippen molar-refractivity contribution in [1.29, 1.82) is 0 Å². The summed E-state index contributed by atoms with van der Waals surface area (Å²) in [7, 11) is 0. The van der Waals surface area contributed by atoms with Gasteiger partial charge in [-0.3, -0.25) is 19.2 Å². The van der Waals surface area contributed by atoms with Gasteiger partial charge in [-0.15, -0.1) is 0 Å². The average Bonchev–Trinajstić information content (AvgIpc) is 2.89. The third kappa shape index (κ3) is 7.25. The zero-order valence-electron chi connectivity index (χ0n) is 20.6. The van der Waals surface area contributed by atoms with Crippen molar-refractivity contribution < 1.29 is 19.2 Å². The van der Waals surface area contributed by atoms with E-state index < -0.39 is 17.6 Å². The first-order valence-corrected chi connectivity index (χ1v) is 12.4. The number of nitrogens with one attached hydrogen (secondary N) is 2. The summed E-state index contributed by atoms with van der Waals surface area (Å²) >= 11 is 0. The van der Waals surface area contributed by atoms with Crippen molar-refractivity contribution in [3.63, 3.8) is 0 Å². The molecule has 0 saturated carbocycles. The first-order chi connectivity index (χ1) is 17.4. The second kappa shape index (κ2) is 13.2. The zero-order chi connectivity index (χ0) is 25.9. The SMILES string of the molecule is CCCCCCCC(C(=O)C(N)=O)c1cccc2ccc(NC(=O)CNC(=O)c3ccccc3)cc12. The van der Waals surface area contributed by atoms with E-state index in [1.807, 2.05) is 30.3 Å². The van der Waals surface area contributed by atoms with E-state index in [4.69, 9.17) is 5.73 Å². The maximum atomic E-state index is 12.8. The number of carbonyl (C=O) groups excluding carboxylic acids is 4. The minimum atomic E-state index is -0.941. The molecule has 36 heavy (non-hydrogen) atoms. The largest absolute Gasteiger partial charge is 0.363 e. The quantitative estimate of drug-likeness (QED) is 0.239. The summed E-state index contributed by atoms with van der Waals surface area (Å²) in [6, 6.07) is 19.7. The number of carbonyl (C=O) groups is 4. The number of rotatable bonds is 13. The van der Waals surface area contributed by atoms with Gasteiger partial charge in [-0.2, -0.15) is 0 Å². The van der Waals surface area contributed by atoms with E-state index in [2.05, 4.69) is 17.6 Å². The van der Waals surface area contributed by atoms with E-state index in [9.17, 15) is 19.2 Å². The maximum Gasteiger partial charge on any atom is 0.285 e. The van der Waals surface area contributed by atoms with Crippen molar-refractivity contribution in [2.24, 2.45) is 5.73 Å². The summed E-state index contributed by atoms with van der Waals surface area (Å²) in [5, 5.41) is 7.06. The molecule has 188 valence electrons. The van der Waals surface area contributed by atoms with E-state index in [0.29, 0.717) is 17.7 Å². The fourth-order valence-electron chi connectivity index (χ4n) is 4.29. The number of nitrogens with two attached hydrogens (primary N) is 1. The van der Waals surface area contributed by atoms with Crippen LogP contribution in [0.5, 0.6) is 0 Å². The van der Waals surface area contributed by atoms with Gasteiger partial charge in [0.05, 0.1) is 12.5 Å². The molecule has 7 heteroatoms. The summed E-state index contributed by atoms with van der Waals surface area (Å²) in [6.45, 7) is 1.96. The highest BCUT2D eigenvalue weighted by molar-refractivity contribution is 6.38. The summed E-state index contributed by atoms with van der Waals surface area (Å²) in [4.78, 5) is 49.2. The van der Waals surface area contributed by atoms with Gasteiger partial charge in [-0.05, 0) is 47.0 Å². The van der Waals surface area contributed by atoms with Crippen LogP contribution >= 0.6 is 0 Å². The molecule has 0 aliphatic carbocycles. The topological polar surface area (TPSA) is 118 Å². The molecule has 0 saturated heterocycles. The van der Waals surface area contributed by atoms with Crippen LogP contribution in [0.25, 0.3) is 10.8 Å². The molecule has 3 rings (SSSR count). The molecule has 0 aliphatic rings. The van der Waals surface area contributed by atoms with Crippen LogP contribution in [-0.4, -0.2) is 30.0 Å². The van der Waals surface area contributed by atoms with Gasteiger partial charge >= 0.3 is 0 Å². The highest BCUT2D eigenvalue weighted by Gasteiger charge is 2.26. The van der Waals surface area contributed by atoms with Crippen LogP contribution in [0.2, 0.25) is 0 Å². The first-order valence-electron chi connectivity index (χ1n) is 12.4. The maximum absolute atomic E-state index is 12.8. The van der Waals surface area contributed by atoms with Gasteiger partial charge < -0.3 is 16.4 Å². The summed E-state index contributed by atoms with van der Waals surface area (Å²) in [6.07, 6.45) is 5.68. The molecule has 0 heterocycles. The monoisotopic (exact) mass is 487 g/mol. The number of anilines is 1. The number of amides is 3. The number of benzene rings is 3. The summed E-state index contributed by atoms with van der Waals surface area (Å²) < 4.78 is 0. The Hall–Kier alpha value is -4.00. The van der Waals surface area contributed by atoms with Crippen molar-refractivity contribution >= 4 is 40.0 Å². The Bertz CT molecular complexity index is 1220. The highest BCUT2D eigenvalue weighted by Crippen LogP contribution is 2.32. The lowest BCUT2D eigenvalue weighted by atomic mass is 9.85. The van der Waals surface area contributed by atoms with Gasteiger partial charge in [0.15, 0.2) is 0 Å². The highest BCUT2D eigenvalue weighted by atomic mass is 16.2. The molecule has 0 bridgehead atoms. The average molecular weight is 488 g/mol. The van der Waals surface area contributed by atoms with Crippen LogP contribution < -0.4 is 16.4 Å². The normalized spacial score (nSPS) is 11.6. The Balaban J connectivity index is 1.76. The van der Waals surface area contributed by atoms with Gasteiger partial charge in [0.1, 0.15) is 0 Å². The van der Waals surface area contributed by atoms with E-state index in [1.165, 1.54) is 0 Å². The molecule has 0 spiro atoms. The van der Waals surface area contributed by atoms with Crippen LogP contribution in [-0.2, 0) is 14.4 Å². The van der Waals surface area contributed by atoms with Crippen molar-refractivity contribution in [3.8, 4) is 0 Å².